The summed E-state index contributed by atoms with van der Waals surface area (Å²) in [5.41, 5.74) is 0.900. The first kappa shape index (κ1) is 8.27. The Balaban J connectivity index is 2.97. The molecule has 2 nitrogen and oxygen atoms in total. The largest absolute Gasteiger partial charge is 0.624 e. The number of benzene rings is 1. The van der Waals surface area contributed by atoms with Crippen molar-refractivity contribution in [2.24, 2.45) is 0 Å². The van der Waals surface area contributed by atoms with Crippen LogP contribution in [0.2, 0.25) is 0 Å². The second-order valence-electron chi connectivity index (χ2n) is 2.23. The highest BCUT2D eigenvalue weighted by Gasteiger charge is 1.91. The second kappa shape index (κ2) is 3.53. The van der Waals surface area contributed by atoms with E-state index in [1.54, 1.807) is 0 Å². The molecule has 0 atom stereocenters. The third-order valence-corrected chi connectivity index (χ3v) is 1.67. The quantitative estimate of drug-likeness (QED) is 0.304. The topological polar surface area (TPSA) is 26.1 Å². The van der Waals surface area contributed by atoms with E-state index in [9.17, 15) is 5.21 Å². The minimum Gasteiger partial charge on any atom is -0.624 e. The van der Waals surface area contributed by atoms with Crippen molar-refractivity contribution in [3.63, 3.8) is 0 Å². The van der Waals surface area contributed by atoms with Gasteiger partial charge in [-0.15, -0.1) is 0 Å². The summed E-state index contributed by atoms with van der Waals surface area (Å²) in [7, 11) is 1.46. The minimum absolute atomic E-state index is 0.780. The Labute approximate surface area is 73.9 Å². The SMILES string of the molecule is C[N+]([O-])=Cc1cccc(Br)c1. The molecule has 0 aromatic heterocycles. The van der Waals surface area contributed by atoms with Crippen LogP contribution >= 0.6 is 15.9 Å². The fourth-order valence-corrected chi connectivity index (χ4v) is 1.21. The highest BCUT2D eigenvalue weighted by atomic mass is 79.9. The van der Waals surface area contributed by atoms with Crippen molar-refractivity contribution in [3.05, 3.63) is 39.5 Å². The smallest absolute Gasteiger partial charge is 0.181 e. The highest BCUT2D eigenvalue weighted by Crippen LogP contribution is 2.09. The van der Waals surface area contributed by atoms with Crippen LogP contribution in [0.3, 0.4) is 0 Å². The molecule has 0 N–H and O–H groups in total. The third kappa shape index (κ3) is 2.72. The van der Waals surface area contributed by atoms with Gasteiger partial charge in [0.05, 0.1) is 0 Å². The van der Waals surface area contributed by atoms with E-state index in [-0.39, 0.29) is 0 Å². The first-order chi connectivity index (χ1) is 5.18. The van der Waals surface area contributed by atoms with Gasteiger partial charge in [0.1, 0.15) is 7.05 Å². The number of rotatable bonds is 1. The molecule has 1 aromatic rings. The molecule has 0 heterocycles. The molecule has 3 heteroatoms. The number of nitrogens with zero attached hydrogens (tertiary/aromatic N) is 1. The van der Waals surface area contributed by atoms with Crippen molar-refractivity contribution in [1.29, 1.82) is 0 Å². The third-order valence-electron chi connectivity index (χ3n) is 1.18. The Morgan fingerprint density at radius 3 is 2.82 bits per heavy atom. The average molecular weight is 214 g/mol. The number of halogens is 1. The van der Waals surface area contributed by atoms with Gasteiger partial charge in [0.15, 0.2) is 6.21 Å². The van der Waals surface area contributed by atoms with Gasteiger partial charge in [0, 0.05) is 10.0 Å². The molecule has 0 saturated carbocycles. The maximum Gasteiger partial charge on any atom is 0.181 e. The van der Waals surface area contributed by atoms with Crippen LogP contribution in [0, 0.1) is 5.21 Å². The molecule has 0 bridgehead atoms. The van der Waals surface area contributed by atoms with Gasteiger partial charge in [-0.2, -0.15) is 0 Å². The van der Waals surface area contributed by atoms with Gasteiger partial charge in [0.25, 0.3) is 0 Å². The predicted molar refractivity (Wildman–Crippen MR) is 48.9 cm³/mol. The molecule has 0 amide bonds. The molecule has 1 aromatic carbocycles. The molecule has 0 aliphatic rings. The van der Waals surface area contributed by atoms with E-state index in [0.717, 1.165) is 14.8 Å². The summed E-state index contributed by atoms with van der Waals surface area (Å²) in [4.78, 5) is 0. The summed E-state index contributed by atoms with van der Waals surface area (Å²) in [6.07, 6.45) is 1.52. The summed E-state index contributed by atoms with van der Waals surface area (Å²) in [5.74, 6) is 0. The molecule has 11 heavy (non-hydrogen) atoms. The molecule has 0 unspecified atom stereocenters. The van der Waals surface area contributed by atoms with Gasteiger partial charge >= 0.3 is 0 Å². The summed E-state index contributed by atoms with van der Waals surface area (Å²) in [6.45, 7) is 0. The molecule has 1 rings (SSSR count). The van der Waals surface area contributed by atoms with E-state index in [1.165, 1.54) is 13.3 Å². The van der Waals surface area contributed by atoms with Crippen LogP contribution in [0.1, 0.15) is 5.56 Å². The Kier molecular flexibility index (Phi) is 2.65. The summed E-state index contributed by atoms with van der Waals surface area (Å²) >= 11 is 3.31. The fraction of sp³-hybridized carbons (Fsp3) is 0.125. The van der Waals surface area contributed by atoms with Crippen molar-refractivity contribution in [3.8, 4) is 0 Å². The van der Waals surface area contributed by atoms with Crippen LogP contribution in [0.4, 0.5) is 0 Å². The molecule has 0 aliphatic heterocycles. The molecule has 0 spiro atoms. The van der Waals surface area contributed by atoms with Crippen molar-refractivity contribution < 1.29 is 4.74 Å². The van der Waals surface area contributed by atoms with Crippen LogP contribution in [-0.4, -0.2) is 18.0 Å². The summed E-state index contributed by atoms with van der Waals surface area (Å²) in [5, 5.41) is 10.6. The lowest BCUT2D eigenvalue weighted by molar-refractivity contribution is -0.416. The second-order valence-corrected chi connectivity index (χ2v) is 3.15. The zero-order chi connectivity index (χ0) is 8.27. The Morgan fingerprint density at radius 1 is 1.55 bits per heavy atom. The van der Waals surface area contributed by atoms with Crippen molar-refractivity contribution in [2.45, 2.75) is 0 Å². The van der Waals surface area contributed by atoms with Gasteiger partial charge in [-0.25, -0.2) is 4.74 Å². The van der Waals surface area contributed by atoms with Crippen LogP contribution in [-0.2, 0) is 0 Å². The predicted octanol–water partition coefficient (Wildman–Crippen LogP) is 2.01. The fourth-order valence-electron chi connectivity index (χ4n) is 0.797. The highest BCUT2D eigenvalue weighted by molar-refractivity contribution is 9.10. The molecular formula is C8H8BrNO. The van der Waals surface area contributed by atoms with Crippen molar-refractivity contribution in [1.82, 2.24) is 0 Å². The van der Waals surface area contributed by atoms with Crippen LogP contribution < -0.4 is 0 Å². The Hall–Kier alpha value is -0.830. The monoisotopic (exact) mass is 213 g/mol. The van der Waals surface area contributed by atoms with Gasteiger partial charge in [-0.05, 0) is 18.2 Å². The van der Waals surface area contributed by atoms with Crippen LogP contribution in [0.5, 0.6) is 0 Å². The van der Waals surface area contributed by atoms with E-state index < -0.39 is 0 Å². The van der Waals surface area contributed by atoms with Gasteiger partial charge in [-0.1, -0.05) is 22.0 Å². The average Bonchev–Trinajstić information content (AvgIpc) is 1.85. The number of hydrogen-bond donors (Lipinski definition) is 0. The van der Waals surface area contributed by atoms with E-state index in [4.69, 9.17) is 0 Å². The van der Waals surface area contributed by atoms with Gasteiger partial charge < -0.3 is 5.21 Å². The number of hydroxylamine groups is 1. The molecule has 58 valence electrons. The van der Waals surface area contributed by atoms with Crippen molar-refractivity contribution >= 4 is 22.1 Å². The standard InChI is InChI=1S/C8H8BrNO/c1-10(11)6-7-3-2-4-8(9)5-7/h2-6H,1H3. The number of hydrogen-bond acceptors (Lipinski definition) is 1. The maximum absolute atomic E-state index is 10.6. The van der Waals surface area contributed by atoms with Gasteiger partial charge in [-0.3, -0.25) is 0 Å². The molecule has 0 saturated heterocycles. The zero-order valence-electron chi connectivity index (χ0n) is 6.12. The molecule has 0 fully saturated rings. The van der Waals surface area contributed by atoms with Crippen molar-refractivity contribution in [2.75, 3.05) is 7.05 Å². The van der Waals surface area contributed by atoms with Crippen LogP contribution in [0.15, 0.2) is 28.7 Å². The molecule has 0 radical (unpaired) electrons. The lowest BCUT2D eigenvalue weighted by Crippen LogP contribution is -1.96. The summed E-state index contributed by atoms with van der Waals surface area (Å²) < 4.78 is 1.76. The van der Waals surface area contributed by atoms with Gasteiger partial charge in [0.2, 0.25) is 0 Å². The lowest BCUT2D eigenvalue weighted by Gasteiger charge is -1.95. The van der Waals surface area contributed by atoms with E-state index in [1.807, 2.05) is 24.3 Å². The first-order valence-electron chi connectivity index (χ1n) is 3.19. The Bertz CT molecular complexity index is 279. The molecule has 0 aliphatic carbocycles. The molecular weight excluding hydrogens is 206 g/mol. The van der Waals surface area contributed by atoms with E-state index in [2.05, 4.69) is 15.9 Å². The first-order valence-corrected chi connectivity index (χ1v) is 3.98. The van der Waals surface area contributed by atoms with E-state index in [0.29, 0.717) is 0 Å². The Morgan fingerprint density at radius 2 is 2.27 bits per heavy atom. The van der Waals surface area contributed by atoms with Crippen LogP contribution in [0.25, 0.3) is 0 Å². The maximum atomic E-state index is 10.6. The zero-order valence-corrected chi connectivity index (χ0v) is 7.71. The minimum atomic E-state index is 0.780. The van der Waals surface area contributed by atoms with E-state index >= 15 is 0 Å². The normalized spacial score (nSPS) is 11.6. The lowest BCUT2D eigenvalue weighted by atomic mass is 10.2. The summed E-state index contributed by atoms with van der Waals surface area (Å²) in [6, 6.07) is 7.56.